The van der Waals surface area contributed by atoms with E-state index in [-0.39, 0.29) is 11.5 Å². The highest BCUT2D eigenvalue weighted by Gasteiger charge is 2.19. The second kappa shape index (κ2) is 8.66. The van der Waals surface area contributed by atoms with Crippen LogP contribution < -0.4 is 15.4 Å². The van der Waals surface area contributed by atoms with Gasteiger partial charge in [-0.2, -0.15) is 0 Å². The van der Waals surface area contributed by atoms with Gasteiger partial charge in [0.1, 0.15) is 5.75 Å². The van der Waals surface area contributed by atoms with Crippen LogP contribution in [0.2, 0.25) is 0 Å². The number of methoxy groups -OCH3 is 1. The number of benzene rings is 2. The van der Waals surface area contributed by atoms with Gasteiger partial charge in [0, 0.05) is 18.3 Å². The van der Waals surface area contributed by atoms with Gasteiger partial charge >= 0.3 is 5.97 Å². The number of esters is 1. The number of hydrogen-bond donors (Lipinski definition) is 2. The molecule has 7 nitrogen and oxygen atoms in total. The van der Waals surface area contributed by atoms with Gasteiger partial charge < -0.3 is 20.1 Å². The van der Waals surface area contributed by atoms with E-state index in [2.05, 4.69) is 10.6 Å². The van der Waals surface area contributed by atoms with Crippen molar-refractivity contribution < 1.29 is 23.9 Å². The van der Waals surface area contributed by atoms with Crippen LogP contribution in [-0.2, 0) is 14.3 Å². The molecule has 0 bridgehead atoms. The molecule has 136 valence electrons. The second-order valence-electron chi connectivity index (χ2n) is 5.53. The Hall–Kier alpha value is -3.35. The molecular weight excluding hydrogens is 336 g/mol. The molecule has 0 aliphatic rings. The summed E-state index contributed by atoms with van der Waals surface area (Å²) < 4.78 is 10.2. The maximum Gasteiger partial charge on any atom is 0.338 e. The molecule has 0 aromatic heterocycles. The van der Waals surface area contributed by atoms with Crippen LogP contribution in [0.25, 0.3) is 0 Å². The maximum absolute atomic E-state index is 12.2. The van der Waals surface area contributed by atoms with E-state index in [1.165, 1.54) is 19.9 Å². The molecule has 2 aromatic carbocycles. The SMILES string of the molecule is COc1ccc(NC(=O)[C@@H](C)OC(=O)c2cccc(NC(C)=O)c2)cc1. The van der Waals surface area contributed by atoms with Gasteiger partial charge in [0.05, 0.1) is 12.7 Å². The smallest absolute Gasteiger partial charge is 0.338 e. The fourth-order valence-electron chi connectivity index (χ4n) is 2.13. The van der Waals surface area contributed by atoms with Crippen molar-refractivity contribution in [3.05, 3.63) is 54.1 Å². The fourth-order valence-corrected chi connectivity index (χ4v) is 2.13. The Kier molecular flexibility index (Phi) is 6.32. The fraction of sp³-hybridized carbons (Fsp3) is 0.211. The van der Waals surface area contributed by atoms with Crippen molar-refractivity contribution in [2.24, 2.45) is 0 Å². The molecule has 2 N–H and O–H groups in total. The Bertz CT molecular complexity index is 802. The van der Waals surface area contributed by atoms with Crippen LogP contribution in [0.5, 0.6) is 5.75 Å². The van der Waals surface area contributed by atoms with Gasteiger partial charge in [0.15, 0.2) is 6.10 Å². The topological polar surface area (TPSA) is 93.7 Å². The molecular formula is C19H20N2O5. The average Bonchev–Trinajstić information content (AvgIpc) is 2.62. The number of hydrogen-bond acceptors (Lipinski definition) is 5. The highest BCUT2D eigenvalue weighted by molar-refractivity contribution is 5.98. The van der Waals surface area contributed by atoms with Gasteiger partial charge in [0.25, 0.3) is 5.91 Å². The Morgan fingerprint density at radius 2 is 1.65 bits per heavy atom. The second-order valence-corrected chi connectivity index (χ2v) is 5.53. The van der Waals surface area contributed by atoms with Crippen molar-refractivity contribution in [3.8, 4) is 5.75 Å². The van der Waals surface area contributed by atoms with E-state index in [4.69, 9.17) is 9.47 Å². The number of amides is 2. The summed E-state index contributed by atoms with van der Waals surface area (Å²) in [5.74, 6) is -0.694. The van der Waals surface area contributed by atoms with Gasteiger partial charge in [-0.15, -0.1) is 0 Å². The molecule has 0 aliphatic heterocycles. The van der Waals surface area contributed by atoms with Crippen LogP contribution in [0.3, 0.4) is 0 Å². The zero-order valence-corrected chi connectivity index (χ0v) is 14.7. The Labute approximate surface area is 151 Å². The first-order valence-corrected chi connectivity index (χ1v) is 7.92. The number of rotatable bonds is 6. The van der Waals surface area contributed by atoms with Gasteiger partial charge in [-0.25, -0.2) is 4.79 Å². The molecule has 7 heteroatoms. The average molecular weight is 356 g/mol. The summed E-state index contributed by atoms with van der Waals surface area (Å²) in [6, 6.07) is 13.1. The zero-order valence-electron chi connectivity index (χ0n) is 14.7. The summed E-state index contributed by atoms with van der Waals surface area (Å²) in [6.07, 6.45) is -0.992. The Morgan fingerprint density at radius 1 is 0.962 bits per heavy atom. The van der Waals surface area contributed by atoms with Crippen molar-refractivity contribution in [1.82, 2.24) is 0 Å². The van der Waals surface area contributed by atoms with Crippen molar-refractivity contribution >= 4 is 29.2 Å². The molecule has 0 aliphatic carbocycles. The molecule has 0 fully saturated rings. The van der Waals surface area contributed by atoms with E-state index >= 15 is 0 Å². The van der Waals surface area contributed by atoms with Gasteiger partial charge in [-0.05, 0) is 49.4 Å². The van der Waals surface area contributed by atoms with Crippen LogP contribution in [0.1, 0.15) is 24.2 Å². The minimum atomic E-state index is -0.992. The highest BCUT2D eigenvalue weighted by atomic mass is 16.5. The standard InChI is InChI=1S/C19H20N2O5/c1-12(18(23)21-15-7-9-17(25-3)10-8-15)26-19(24)14-5-4-6-16(11-14)20-13(2)22/h4-12H,1-3H3,(H,20,22)(H,21,23)/t12-/m1/s1. The minimum Gasteiger partial charge on any atom is -0.497 e. The first-order chi connectivity index (χ1) is 12.4. The third kappa shape index (κ3) is 5.34. The monoisotopic (exact) mass is 356 g/mol. The lowest BCUT2D eigenvalue weighted by atomic mass is 10.2. The summed E-state index contributed by atoms with van der Waals surface area (Å²) in [5.41, 5.74) is 1.27. The van der Waals surface area contributed by atoms with E-state index in [1.54, 1.807) is 49.6 Å². The molecule has 0 heterocycles. The number of carbonyl (C=O) groups is 3. The zero-order chi connectivity index (χ0) is 19.1. The van der Waals surface area contributed by atoms with E-state index < -0.39 is 18.0 Å². The third-order valence-electron chi connectivity index (χ3n) is 3.43. The lowest BCUT2D eigenvalue weighted by molar-refractivity contribution is -0.123. The molecule has 0 saturated heterocycles. The van der Waals surface area contributed by atoms with E-state index in [1.807, 2.05) is 0 Å². The van der Waals surface area contributed by atoms with Crippen LogP contribution in [-0.4, -0.2) is 31.0 Å². The summed E-state index contributed by atoms with van der Waals surface area (Å²) >= 11 is 0. The van der Waals surface area contributed by atoms with E-state index in [0.29, 0.717) is 17.1 Å². The van der Waals surface area contributed by atoms with Crippen molar-refractivity contribution in [2.45, 2.75) is 20.0 Å². The summed E-state index contributed by atoms with van der Waals surface area (Å²) in [5, 5.41) is 5.24. The molecule has 1 atom stereocenters. The molecule has 2 rings (SSSR count). The molecule has 2 aromatic rings. The van der Waals surface area contributed by atoms with Crippen molar-refractivity contribution in [1.29, 1.82) is 0 Å². The van der Waals surface area contributed by atoms with Gasteiger partial charge in [-0.3, -0.25) is 9.59 Å². The third-order valence-corrected chi connectivity index (χ3v) is 3.43. The van der Waals surface area contributed by atoms with Crippen LogP contribution in [0.4, 0.5) is 11.4 Å². The first-order valence-electron chi connectivity index (χ1n) is 7.92. The maximum atomic E-state index is 12.2. The minimum absolute atomic E-state index is 0.236. The predicted molar refractivity (Wildman–Crippen MR) is 97.2 cm³/mol. The summed E-state index contributed by atoms with van der Waals surface area (Å²) in [7, 11) is 1.55. The lowest BCUT2D eigenvalue weighted by Gasteiger charge is -2.14. The number of carbonyl (C=O) groups excluding carboxylic acids is 3. The molecule has 26 heavy (non-hydrogen) atoms. The quantitative estimate of drug-likeness (QED) is 0.776. The summed E-state index contributed by atoms with van der Waals surface area (Å²) in [4.78, 5) is 35.5. The molecule has 2 amide bonds. The van der Waals surface area contributed by atoms with Crippen LogP contribution in [0.15, 0.2) is 48.5 Å². The van der Waals surface area contributed by atoms with Crippen molar-refractivity contribution in [2.75, 3.05) is 17.7 Å². The predicted octanol–water partition coefficient (Wildman–Crippen LogP) is 2.84. The molecule has 0 radical (unpaired) electrons. The first kappa shape index (κ1) is 19.0. The molecule has 0 spiro atoms. The number of anilines is 2. The lowest BCUT2D eigenvalue weighted by Crippen LogP contribution is -2.30. The van der Waals surface area contributed by atoms with E-state index in [9.17, 15) is 14.4 Å². The summed E-state index contributed by atoms with van der Waals surface area (Å²) in [6.45, 7) is 2.85. The Morgan fingerprint density at radius 3 is 2.27 bits per heavy atom. The Balaban J connectivity index is 1.97. The highest BCUT2D eigenvalue weighted by Crippen LogP contribution is 2.16. The normalized spacial score (nSPS) is 11.2. The van der Waals surface area contributed by atoms with E-state index in [0.717, 1.165) is 0 Å². The van der Waals surface area contributed by atoms with Gasteiger partial charge in [0.2, 0.25) is 5.91 Å². The number of nitrogens with one attached hydrogen (secondary N) is 2. The van der Waals surface area contributed by atoms with Crippen molar-refractivity contribution in [3.63, 3.8) is 0 Å². The molecule has 0 unspecified atom stereocenters. The molecule has 0 saturated carbocycles. The van der Waals surface area contributed by atoms with Crippen LogP contribution >= 0.6 is 0 Å². The van der Waals surface area contributed by atoms with Gasteiger partial charge in [-0.1, -0.05) is 6.07 Å². The number of ether oxygens (including phenoxy) is 2. The van der Waals surface area contributed by atoms with Crippen LogP contribution in [0, 0.1) is 0 Å². The largest absolute Gasteiger partial charge is 0.497 e.